The molecule has 136 valence electrons. The van der Waals surface area contributed by atoms with Gasteiger partial charge in [0, 0.05) is 17.7 Å². The zero-order valence-corrected chi connectivity index (χ0v) is 15.3. The first-order chi connectivity index (χ1) is 12.4. The smallest absolute Gasteiger partial charge is 0.306 e. The van der Waals surface area contributed by atoms with Crippen molar-refractivity contribution in [2.24, 2.45) is 0 Å². The van der Waals surface area contributed by atoms with Crippen LogP contribution in [0.4, 0.5) is 5.69 Å². The van der Waals surface area contributed by atoms with Crippen molar-refractivity contribution in [1.82, 2.24) is 0 Å². The molecule has 0 aromatic heterocycles. The molecule has 2 aromatic rings. The number of benzene rings is 2. The summed E-state index contributed by atoms with van der Waals surface area (Å²) in [6.45, 7) is 5.28. The Morgan fingerprint density at radius 1 is 0.923 bits per heavy atom. The van der Waals surface area contributed by atoms with Gasteiger partial charge in [-0.25, -0.2) is 0 Å². The van der Waals surface area contributed by atoms with Crippen molar-refractivity contribution in [3.05, 3.63) is 64.7 Å². The Morgan fingerprint density at radius 3 is 2.38 bits per heavy atom. The van der Waals surface area contributed by atoms with Crippen molar-refractivity contribution in [1.29, 1.82) is 0 Å². The molecule has 0 aliphatic carbocycles. The highest BCUT2D eigenvalue weighted by molar-refractivity contribution is 5.99. The van der Waals surface area contributed by atoms with Gasteiger partial charge in [0.2, 0.25) is 0 Å². The van der Waals surface area contributed by atoms with E-state index in [0.717, 1.165) is 16.7 Å². The molecule has 5 heteroatoms. The summed E-state index contributed by atoms with van der Waals surface area (Å²) in [4.78, 5) is 35.9. The molecule has 0 aliphatic rings. The van der Waals surface area contributed by atoms with Crippen LogP contribution in [0.25, 0.3) is 0 Å². The van der Waals surface area contributed by atoms with Gasteiger partial charge >= 0.3 is 5.97 Å². The summed E-state index contributed by atoms with van der Waals surface area (Å²) in [5.41, 5.74) is 4.10. The van der Waals surface area contributed by atoms with E-state index >= 15 is 0 Å². The largest absolute Gasteiger partial charge is 0.456 e. The number of aryl methyl sites for hydroxylation is 3. The van der Waals surface area contributed by atoms with Crippen LogP contribution in [0.5, 0.6) is 0 Å². The average Bonchev–Trinajstić information content (AvgIpc) is 2.62. The monoisotopic (exact) mass is 353 g/mol. The van der Waals surface area contributed by atoms with Crippen LogP contribution >= 0.6 is 0 Å². The number of anilines is 1. The number of hydrogen-bond acceptors (Lipinski definition) is 4. The maximum Gasteiger partial charge on any atom is 0.306 e. The predicted molar refractivity (Wildman–Crippen MR) is 100 cm³/mol. The first-order valence-corrected chi connectivity index (χ1v) is 8.48. The van der Waals surface area contributed by atoms with Gasteiger partial charge in [-0.05, 0) is 44.0 Å². The molecule has 26 heavy (non-hydrogen) atoms. The van der Waals surface area contributed by atoms with E-state index in [-0.39, 0.29) is 25.2 Å². The van der Waals surface area contributed by atoms with Gasteiger partial charge in [0.15, 0.2) is 12.4 Å². The SMILES string of the molecule is Cc1ccc(C)c(C(=O)CCC(=O)OCC(=O)Nc2ccccc2C)c1. The number of esters is 1. The fraction of sp³-hybridized carbons (Fsp3) is 0.286. The topological polar surface area (TPSA) is 72.5 Å². The Bertz CT molecular complexity index is 827. The van der Waals surface area contributed by atoms with Crippen LogP contribution in [0.3, 0.4) is 0 Å². The third-order valence-corrected chi connectivity index (χ3v) is 4.03. The van der Waals surface area contributed by atoms with Crippen LogP contribution in [0.2, 0.25) is 0 Å². The molecule has 2 aromatic carbocycles. The third-order valence-electron chi connectivity index (χ3n) is 4.03. The van der Waals surface area contributed by atoms with E-state index in [4.69, 9.17) is 4.74 Å². The fourth-order valence-corrected chi connectivity index (χ4v) is 2.50. The molecule has 0 unspecified atom stereocenters. The van der Waals surface area contributed by atoms with Gasteiger partial charge in [-0.15, -0.1) is 0 Å². The van der Waals surface area contributed by atoms with Gasteiger partial charge in [0.05, 0.1) is 6.42 Å². The Morgan fingerprint density at radius 2 is 1.65 bits per heavy atom. The molecule has 0 saturated heterocycles. The Balaban J connectivity index is 1.78. The van der Waals surface area contributed by atoms with Crippen LogP contribution in [0.15, 0.2) is 42.5 Å². The number of nitrogens with one attached hydrogen (secondary N) is 1. The summed E-state index contributed by atoms with van der Waals surface area (Å²) in [5.74, 6) is -1.08. The number of hydrogen-bond donors (Lipinski definition) is 1. The highest BCUT2D eigenvalue weighted by atomic mass is 16.5. The fourth-order valence-electron chi connectivity index (χ4n) is 2.50. The maximum absolute atomic E-state index is 12.3. The van der Waals surface area contributed by atoms with E-state index < -0.39 is 11.9 Å². The van der Waals surface area contributed by atoms with Gasteiger partial charge < -0.3 is 10.1 Å². The van der Waals surface area contributed by atoms with Gasteiger partial charge in [-0.1, -0.05) is 35.9 Å². The number of ketones is 1. The number of para-hydroxylation sites is 1. The lowest BCUT2D eigenvalue weighted by Gasteiger charge is -2.09. The van der Waals surface area contributed by atoms with Crippen LogP contribution in [0.1, 0.15) is 39.9 Å². The molecular weight excluding hydrogens is 330 g/mol. The molecule has 0 atom stereocenters. The van der Waals surface area contributed by atoms with Gasteiger partial charge in [-0.2, -0.15) is 0 Å². The zero-order chi connectivity index (χ0) is 19.1. The second-order valence-corrected chi connectivity index (χ2v) is 6.27. The van der Waals surface area contributed by atoms with Crippen LogP contribution < -0.4 is 5.32 Å². The van der Waals surface area contributed by atoms with E-state index in [1.165, 1.54) is 0 Å². The van der Waals surface area contributed by atoms with Crippen molar-refractivity contribution in [2.45, 2.75) is 33.6 Å². The lowest BCUT2D eigenvalue weighted by molar-refractivity contribution is -0.147. The van der Waals surface area contributed by atoms with E-state index in [1.54, 1.807) is 6.07 Å². The molecule has 0 heterocycles. The van der Waals surface area contributed by atoms with Crippen LogP contribution in [-0.4, -0.2) is 24.3 Å². The number of carbonyl (C=O) groups excluding carboxylic acids is 3. The Labute approximate surface area is 153 Å². The molecule has 0 bridgehead atoms. The summed E-state index contributed by atoms with van der Waals surface area (Å²) < 4.78 is 4.95. The number of ether oxygens (including phenoxy) is 1. The molecule has 0 aliphatic heterocycles. The summed E-state index contributed by atoms with van der Waals surface area (Å²) in [6, 6.07) is 13.0. The summed E-state index contributed by atoms with van der Waals surface area (Å²) in [5, 5.41) is 2.69. The van der Waals surface area contributed by atoms with E-state index in [0.29, 0.717) is 11.3 Å². The van der Waals surface area contributed by atoms with Gasteiger partial charge in [0.1, 0.15) is 0 Å². The first-order valence-electron chi connectivity index (χ1n) is 8.48. The molecule has 5 nitrogen and oxygen atoms in total. The minimum atomic E-state index is -0.566. The van der Waals surface area contributed by atoms with E-state index in [2.05, 4.69) is 5.32 Å². The van der Waals surface area contributed by atoms with Crippen LogP contribution in [-0.2, 0) is 14.3 Å². The minimum Gasteiger partial charge on any atom is -0.456 e. The number of amides is 1. The highest BCUT2D eigenvalue weighted by Gasteiger charge is 2.14. The van der Waals surface area contributed by atoms with Crippen molar-refractivity contribution >= 4 is 23.3 Å². The molecule has 0 radical (unpaired) electrons. The predicted octanol–water partition coefficient (Wildman–Crippen LogP) is 3.76. The minimum absolute atomic E-state index is 0.0517. The summed E-state index contributed by atoms with van der Waals surface area (Å²) in [7, 11) is 0. The van der Waals surface area contributed by atoms with E-state index in [1.807, 2.05) is 57.2 Å². The quantitative estimate of drug-likeness (QED) is 0.608. The number of carbonyl (C=O) groups is 3. The highest BCUT2D eigenvalue weighted by Crippen LogP contribution is 2.15. The van der Waals surface area contributed by atoms with E-state index in [9.17, 15) is 14.4 Å². The molecule has 1 N–H and O–H groups in total. The van der Waals surface area contributed by atoms with Crippen molar-refractivity contribution in [2.75, 3.05) is 11.9 Å². The van der Waals surface area contributed by atoms with Crippen molar-refractivity contribution < 1.29 is 19.1 Å². The zero-order valence-electron chi connectivity index (χ0n) is 15.3. The molecule has 0 saturated carbocycles. The van der Waals surface area contributed by atoms with Crippen molar-refractivity contribution in [3.8, 4) is 0 Å². The lowest BCUT2D eigenvalue weighted by atomic mass is 9.99. The second-order valence-electron chi connectivity index (χ2n) is 6.27. The van der Waals surface area contributed by atoms with Crippen LogP contribution in [0, 0.1) is 20.8 Å². The Hall–Kier alpha value is -2.95. The van der Waals surface area contributed by atoms with Gasteiger partial charge in [-0.3, -0.25) is 14.4 Å². The maximum atomic E-state index is 12.3. The van der Waals surface area contributed by atoms with Crippen molar-refractivity contribution in [3.63, 3.8) is 0 Å². The Kier molecular flexibility index (Phi) is 6.67. The molecule has 0 spiro atoms. The first kappa shape index (κ1) is 19.4. The second kappa shape index (κ2) is 8.94. The average molecular weight is 353 g/mol. The number of rotatable bonds is 7. The van der Waals surface area contributed by atoms with Gasteiger partial charge in [0.25, 0.3) is 5.91 Å². The molecule has 2 rings (SSSR count). The molecule has 1 amide bonds. The molecular formula is C21H23NO4. The number of Topliss-reactive ketones (excluding diaryl/α,β-unsaturated/α-hetero) is 1. The lowest BCUT2D eigenvalue weighted by Crippen LogP contribution is -2.21. The molecule has 0 fully saturated rings. The standard InChI is InChI=1S/C21H23NO4/c1-14-8-9-15(2)17(12-14)19(23)10-11-21(25)26-13-20(24)22-18-7-5-4-6-16(18)3/h4-9,12H,10-11,13H2,1-3H3,(H,22,24). The summed E-state index contributed by atoms with van der Waals surface area (Å²) >= 11 is 0. The normalized spacial score (nSPS) is 10.3. The summed E-state index contributed by atoms with van der Waals surface area (Å²) in [6.07, 6.45) is 0.00635. The third kappa shape index (κ3) is 5.55.